The predicted octanol–water partition coefficient (Wildman–Crippen LogP) is 0.131. The minimum absolute atomic E-state index is 0.398. The molecule has 1 rings (SSSR count). The van der Waals surface area contributed by atoms with Gasteiger partial charge in [-0.15, -0.1) is 0 Å². The number of amides is 1. The third kappa shape index (κ3) is 3.66. The number of nitrogens with zero attached hydrogens (tertiary/aromatic N) is 1. The Hall–Kier alpha value is -1.95. The highest BCUT2D eigenvalue weighted by atomic mass is 16.4. The monoisotopic (exact) mass is 223 g/mol. The number of aromatic nitrogens is 1. The summed E-state index contributed by atoms with van der Waals surface area (Å²) >= 11 is 0. The Morgan fingerprint density at radius 2 is 2.25 bits per heavy atom. The molecule has 1 aromatic rings. The fourth-order valence-electron chi connectivity index (χ4n) is 1.14. The first-order valence-electron chi connectivity index (χ1n) is 4.69. The van der Waals surface area contributed by atoms with Crippen LogP contribution in [0.3, 0.4) is 0 Å². The van der Waals surface area contributed by atoms with Gasteiger partial charge in [-0.25, -0.2) is 0 Å². The highest BCUT2D eigenvalue weighted by Gasteiger charge is 2.16. The molecule has 1 heterocycles. The topological polar surface area (TPSA) is 105 Å². The molecule has 16 heavy (non-hydrogen) atoms. The first kappa shape index (κ1) is 12.1. The highest BCUT2D eigenvalue weighted by Crippen LogP contribution is 2.07. The zero-order chi connectivity index (χ0) is 12.1. The Balaban J connectivity index is 2.60. The molecule has 0 aliphatic carbocycles. The summed E-state index contributed by atoms with van der Waals surface area (Å²) in [6.07, 6.45) is 2.72. The fraction of sp³-hybridized carbons (Fsp3) is 0.300. The van der Waals surface area contributed by atoms with Crippen LogP contribution in [0.2, 0.25) is 0 Å². The lowest BCUT2D eigenvalue weighted by molar-refractivity contribution is -0.138. The third-order valence-electron chi connectivity index (χ3n) is 1.87. The van der Waals surface area contributed by atoms with Gasteiger partial charge in [0.15, 0.2) is 0 Å². The molecule has 0 bridgehead atoms. The molecule has 1 unspecified atom stereocenters. The van der Waals surface area contributed by atoms with Crippen molar-refractivity contribution in [2.24, 2.45) is 5.73 Å². The Kier molecular flexibility index (Phi) is 3.96. The van der Waals surface area contributed by atoms with Crippen LogP contribution in [0.1, 0.15) is 12.0 Å². The Labute approximate surface area is 92.5 Å². The maximum atomic E-state index is 11.4. The van der Waals surface area contributed by atoms with E-state index in [1.807, 2.05) is 6.92 Å². The van der Waals surface area contributed by atoms with Crippen LogP contribution in [0.25, 0.3) is 0 Å². The van der Waals surface area contributed by atoms with E-state index in [1.54, 1.807) is 12.3 Å². The summed E-state index contributed by atoms with van der Waals surface area (Å²) in [6, 6.07) is 0.663. The second kappa shape index (κ2) is 5.22. The van der Waals surface area contributed by atoms with Crippen molar-refractivity contribution in [3.8, 4) is 0 Å². The van der Waals surface area contributed by atoms with Crippen LogP contribution in [-0.4, -0.2) is 28.0 Å². The Morgan fingerprint density at radius 1 is 1.56 bits per heavy atom. The maximum Gasteiger partial charge on any atom is 0.305 e. The van der Waals surface area contributed by atoms with Gasteiger partial charge >= 0.3 is 5.97 Å². The zero-order valence-electron chi connectivity index (χ0n) is 8.80. The van der Waals surface area contributed by atoms with Gasteiger partial charge in [-0.1, -0.05) is 0 Å². The average molecular weight is 223 g/mol. The summed E-state index contributed by atoms with van der Waals surface area (Å²) in [5.74, 6) is -1.64. The van der Waals surface area contributed by atoms with Crippen molar-refractivity contribution >= 4 is 17.6 Å². The second-order valence-electron chi connectivity index (χ2n) is 3.44. The lowest BCUT2D eigenvalue weighted by Crippen LogP contribution is -2.37. The number of nitrogens with one attached hydrogen (secondary N) is 1. The number of carbonyl (C=O) groups excluding carboxylic acids is 1. The van der Waals surface area contributed by atoms with Crippen LogP contribution in [0.4, 0.5) is 5.69 Å². The molecule has 1 amide bonds. The smallest absolute Gasteiger partial charge is 0.305 e. The van der Waals surface area contributed by atoms with Crippen LogP contribution in [-0.2, 0) is 9.59 Å². The number of hydrogen-bond acceptors (Lipinski definition) is 4. The van der Waals surface area contributed by atoms with Crippen LogP contribution in [0, 0.1) is 6.92 Å². The maximum absolute atomic E-state index is 11.4. The third-order valence-corrected chi connectivity index (χ3v) is 1.87. The van der Waals surface area contributed by atoms with Gasteiger partial charge in [0, 0.05) is 6.20 Å². The van der Waals surface area contributed by atoms with E-state index in [-0.39, 0.29) is 0 Å². The molecule has 0 spiro atoms. The number of anilines is 1. The first-order chi connectivity index (χ1) is 7.49. The molecular formula is C10H13N3O3. The van der Waals surface area contributed by atoms with Crippen molar-refractivity contribution in [3.05, 3.63) is 24.0 Å². The number of aryl methyl sites for hydroxylation is 1. The van der Waals surface area contributed by atoms with Crippen molar-refractivity contribution in [3.63, 3.8) is 0 Å². The van der Waals surface area contributed by atoms with E-state index in [0.717, 1.165) is 5.56 Å². The molecule has 6 heteroatoms. The van der Waals surface area contributed by atoms with Crippen molar-refractivity contribution in [2.45, 2.75) is 19.4 Å². The number of carboxylic acids is 1. The summed E-state index contributed by atoms with van der Waals surface area (Å²) < 4.78 is 0. The van der Waals surface area contributed by atoms with Crippen LogP contribution in [0.15, 0.2) is 18.5 Å². The van der Waals surface area contributed by atoms with Gasteiger partial charge in [-0.3, -0.25) is 14.6 Å². The molecule has 1 atom stereocenters. The summed E-state index contributed by atoms with van der Waals surface area (Å²) in [5.41, 5.74) is 6.79. The number of nitrogens with two attached hydrogens (primary N) is 1. The van der Waals surface area contributed by atoms with Gasteiger partial charge in [0.05, 0.1) is 24.3 Å². The Morgan fingerprint density at radius 3 is 2.81 bits per heavy atom. The second-order valence-corrected chi connectivity index (χ2v) is 3.44. The van der Waals surface area contributed by atoms with Crippen molar-refractivity contribution < 1.29 is 14.7 Å². The summed E-state index contributed by atoms with van der Waals surface area (Å²) in [4.78, 5) is 25.7. The van der Waals surface area contributed by atoms with Crippen LogP contribution >= 0.6 is 0 Å². The zero-order valence-corrected chi connectivity index (χ0v) is 8.80. The largest absolute Gasteiger partial charge is 0.481 e. The summed E-state index contributed by atoms with van der Waals surface area (Å²) in [6.45, 7) is 1.83. The lowest BCUT2D eigenvalue weighted by atomic mass is 10.2. The van der Waals surface area contributed by atoms with E-state index in [0.29, 0.717) is 5.69 Å². The number of hydrogen-bond donors (Lipinski definition) is 3. The van der Waals surface area contributed by atoms with Gasteiger partial charge in [0.25, 0.3) is 0 Å². The summed E-state index contributed by atoms with van der Waals surface area (Å²) in [5, 5.41) is 11.0. The van der Waals surface area contributed by atoms with Gasteiger partial charge in [-0.05, 0) is 18.6 Å². The molecule has 0 aliphatic rings. The van der Waals surface area contributed by atoms with Gasteiger partial charge < -0.3 is 16.2 Å². The lowest BCUT2D eigenvalue weighted by Gasteiger charge is -2.10. The van der Waals surface area contributed by atoms with Crippen molar-refractivity contribution in [1.29, 1.82) is 0 Å². The fourth-order valence-corrected chi connectivity index (χ4v) is 1.14. The molecule has 0 aromatic carbocycles. The van der Waals surface area contributed by atoms with E-state index in [4.69, 9.17) is 10.8 Å². The van der Waals surface area contributed by atoms with E-state index in [9.17, 15) is 9.59 Å². The minimum atomic E-state index is -1.11. The molecule has 86 valence electrons. The van der Waals surface area contributed by atoms with Gasteiger partial charge in [0.1, 0.15) is 0 Å². The molecule has 6 nitrogen and oxygen atoms in total. The van der Waals surface area contributed by atoms with E-state index >= 15 is 0 Å². The van der Waals surface area contributed by atoms with E-state index in [1.165, 1.54) is 6.20 Å². The minimum Gasteiger partial charge on any atom is -0.481 e. The molecule has 0 saturated carbocycles. The normalized spacial score (nSPS) is 11.9. The summed E-state index contributed by atoms with van der Waals surface area (Å²) in [7, 11) is 0. The highest BCUT2D eigenvalue weighted by molar-refractivity contribution is 5.96. The van der Waals surface area contributed by atoms with Gasteiger partial charge in [-0.2, -0.15) is 0 Å². The number of aliphatic carboxylic acids is 1. The van der Waals surface area contributed by atoms with Crippen LogP contribution < -0.4 is 11.1 Å². The van der Waals surface area contributed by atoms with E-state index < -0.39 is 24.3 Å². The Bertz CT molecular complexity index is 406. The molecule has 1 aromatic heterocycles. The molecule has 0 aliphatic heterocycles. The number of carbonyl (C=O) groups is 2. The predicted molar refractivity (Wildman–Crippen MR) is 57.8 cm³/mol. The number of rotatable bonds is 4. The molecule has 0 fully saturated rings. The van der Waals surface area contributed by atoms with E-state index in [2.05, 4.69) is 10.3 Å². The molecule has 0 saturated heterocycles. The van der Waals surface area contributed by atoms with Gasteiger partial charge in [0.2, 0.25) is 5.91 Å². The number of carboxylic acid groups (broad SMARTS) is 1. The SMILES string of the molecule is Cc1cncc(NC(=O)C(N)CC(=O)O)c1. The quantitative estimate of drug-likeness (QED) is 0.672. The molecular weight excluding hydrogens is 210 g/mol. The van der Waals surface area contributed by atoms with Crippen molar-refractivity contribution in [2.75, 3.05) is 5.32 Å². The number of pyridine rings is 1. The first-order valence-corrected chi connectivity index (χ1v) is 4.69. The molecule has 4 N–H and O–H groups in total. The molecule has 0 radical (unpaired) electrons. The van der Waals surface area contributed by atoms with Crippen molar-refractivity contribution in [1.82, 2.24) is 4.98 Å². The standard InChI is InChI=1S/C10H13N3O3/c1-6-2-7(5-12-4-6)13-10(16)8(11)3-9(14)15/h2,4-5,8H,3,11H2,1H3,(H,13,16)(H,14,15). The van der Waals surface area contributed by atoms with Crippen LogP contribution in [0.5, 0.6) is 0 Å². The average Bonchev–Trinajstić information content (AvgIpc) is 2.16.